The fourth-order valence-electron chi connectivity index (χ4n) is 2.32. The van der Waals surface area contributed by atoms with E-state index in [1.54, 1.807) is 0 Å². The molecule has 0 amide bonds. The van der Waals surface area contributed by atoms with Gasteiger partial charge in [-0.05, 0) is 18.1 Å². The number of hydrazine groups is 1. The van der Waals surface area contributed by atoms with E-state index in [-0.39, 0.29) is 16.9 Å². The maximum Gasteiger partial charge on any atom is 0.241 e. The van der Waals surface area contributed by atoms with Gasteiger partial charge in [0.15, 0.2) is 0 Å². The summed E-state index contributed by atoms with van der Waals surface area (Å²) in [6, 6.07) is 12.7. The minimum absolute atomic E-state index is 0.0557. The molecule has 1 aromatic heterocycles. The van der Waals surface area contributed by atoms with E-state index in [4.69, 9.17) is 5.84 Å². The number of nitrogen functional groups attached to an aromatic ring is 1. The third kappa shape index (κ3) is 3.05. The van der Waals surface area contributed by atoms with Crippen molar-refractivity contribution in [2.75, 3.05) is 5.43 Å². The van der Waals surface area contributed by atoms with Crippen LogP contribution in [0.25, 0.3) is 0 Å². The van der Waals surface area contributed by atoms with E-state index in [2.05, 4.69) is 15.1 Å². The first kappa shape index (κ1) is 14.0. The second kappa shape index (κ2) is 5.44. The minimum Gasteiger partial charge on any atom is -0.308 e. The molecule has 1 aromatic carbocycles. The Morgan fingerprint density at radius 2 is 1.95 bits per heavy atom. The predicted molar refractivity (Wildman–Crippen MR) is 80.0 cm³/mol. The third-order valence-corrected chi connectivity index (χ3v) is 5.00. The highest BCUT2D eigenvalue weighted by atomic mass is 32.2. The van der Waals surface area contributed by atoms with E-state index in [9.17, 15) is 8.42 Å². The summed E-state index contributed by atoms with van der Waals surface area (Å²) in [7, 11) is -3.56. The molecule has 2 atom stereocenters. The zero-order chi connectivity index (χ0) is 14.9. The van der Waals surface area contributed by atoms with Gasteiger partial charge in [0.2, 0.25) is 10.0 Å². The molecule has 1 aliphatic carbocycles. The van der Waals surface area contributed by atoms with Gasteiger partial charge in [-0.1, -0.05) is 30.3 Å². The van der Waals surface area contributed by atoms with Crippen LogP contribution in [0.1, 0.15) is 17.9 Å². The fraction of sp³-hybridized carbons (Fsp3) is 0.214. The van der Waals surface area contributed by atoms with Crippen LogP contribution in [0.4, 0.5) is 5.82 Å². The second-order valence-corrected chi connectivity index (χ2v) is 6.72. The fourth-order valence-corrected chi connectivity index (χ4v) is 3.62. The SMILES string of the molecule is NNc1cc(S(=O)(=O)NC2CC2c2ccccc2)ccn1. The molecule has 110 valence electrons. The first-order valence-corrected chi connectivity index (χ1v) is 8.08. The average Bonchev–Trinajstić information content (AvgIpc) is 3.26. The lowest BCUT2D eigenvalue weighted by Crippen LogP contribution is -2.27. The molecule has 6 nitrogen and oxygen atoms in total. The van der Waals surface area contributed by atoms with Gasteiger partial charge in [-0.15, -0.1) is 0 Å². The highest BCUT2D eigenvalue weighted by Crippen LogP contribution is 2.41. The molecular weight excluding hydrogens is 288 g/mol. The average molecular weight is 304 g/mol. The number of nitrogens with zero attached hydrogens (tertiary/aromatic N) is 1. The number of nitrogens with two attached hydrogens (primary N) is 1. The van der Waals surface area contributed by atoms with Crippen molar-refractivity contribution in [3.63, 3.8) is 0 Å². The molecule has 0 spiro atoms. The Labute approximate surface area is 123 Å². The van der Waals surface area contributed by atoms with E-state index >= 15 is 0 Å². The highest BCUT2D eigenvalue weighted by molar-refractivity contribution is 7.89. The molecule has 1 fully saturated rings. The summed E-state index contributed by atoms with van der Waals surface area (Å²) in [5, 5.41) is 0. The van der Waals surface area contributed by atoms with Crippen LogP contribution in [0.15, 0.2) is 53.6 Å². The highest BCUT2D eigenvalue weighted by Gasteiger charge is 2.41. The molecule has 1 aliphatic rings. The Bertz CT molecular complexity index is 734. The van der Waals surface area contributed by atoms with Crippen molar-refractivity contribution in [1.29, 1.82) is 0 Å². The van der Waals surface area contributed by atoms with Gasteiger partial charge in [0.25, 0.3) is 0 Å². The van der Waals surface area contributed by atoms with Crippen LogP contribution >= 0.6 is 0 Å². The lowest BCUT2D eigenvalue weighted by Gasteiger charge is -2.07. The van der Waals surface area contributed by atoms with Crippen molar-refractivity contribution in [2.45, 2.75) is 23.3 Å². The van der Waals surface area contributed by atoms with Crippen molar-refractivity contribution >= 4 is 15.8 Å². The lowest BCUT2D eigenvalue weighted by molar-refractivity contribution is 0.580. The smallest absolute Gasteiger partial charge is 0.241 e. The molecule has 0 saturated heterocycles. The first-order chi connectivity index (χ1) is 10.1. The summed E-state index contributed by atoms with van der Waals surface area (Å²) >= 11 is 0. The van der Waals surface area contributed by atoms with Crippen molar-refractivity contribution in [2.24, 2.45) is 5.84 Å². The quantitative estimate of drug-likeness (QED) is 0.570. The van der Waals surface area contributed by atoms with Crippen molar-refractivity contribution in [1.82, 2.24) is 9.71 Å². The molecule has 0 aliphatic heterocycles. The number of benzene rings is 1. The Balaban J connectivity index is 1.73. The Hall–Kier alpha value is -1.96. The molecule has 2 aromatic rings. The van der Waals surface area contributed by atoms with Crippen LogP contribution in [0, 0.1) is 0 Å². The summed E-state index contributed by atoms with van der Waals surface area (Å²) in [6.45, 7) is 0. The van der Waals surface area contributed by atoms with Crippen LogP contribution in [-0.2, 0) is 10.0 Å². The molecule has 1 saturated carbocycles. The van der Waals surface area contributed by atoms with Crippen molar-refractivity contribution in [3.05, 3.63) is 54.2 Å². The van der Waals surface area contributed by atoms with Gasteiger partial charge in [-0.2, -0.15) is 0 Å². The molecular formula is C14H16N4O2S. The number of anilines is 1. The zero-order valence-corrected chi connectivity index (χ0v) is 12.0. The Morgan fingerprint density at radius 3 is 2.67 bits per heavy atom. The topological polar surface area (TPSA) is 97.1 Å². The molecule has 2 unspecified atom stereocenters. The van der Waals surface area contributed by atoms with Gasteiger partial charge in [0, 0.05) is 24.2 Å². The maximum atomic E-state index is 12.3. The van der Waals surface area contributed by atoms with Gasteiger partial charge < -0.3 is 5.43 Å². The van der Waals surface area contributed by atoms with Gasteiger partial charge in [-0.3, -0.25) is 0 Å². The number of nitrogens with one attached hydrogen (secondary N) is 2. The molecule has 7 heteroatoms. The molecule has 21 heavy (non-hydrogen) atoms. The Kier molecular flexibility index (Phi) is 3.62. The predicted octanol–water partition coefficient (Wildman–Crippen LogP) is 1.20. The zero-order valence-electron chi connectivity index (χ0n) is 11.2. The van der Waals surface area contributed by atoms with Crippen LogP contribution in [0.2, 0.25) is 0 Å². The van der Waals surface area contributed by atoms with Crippen LogP contribution in [-0.4, -0.2) is 19.4 Å². The van der Waals surface area contributed by atoms with Crippen LogP contribution in [0.5, 0.6) is 0 Å². The summed E-state index contributed by atoms with van der Waals surface area (Å²) in [4.78, 5) is 4.06. The van der Waals surface area contributed by atoms with Gasteiger partial charge >= 0.3 is 0 Å². The molecule has 0 bridgehead atoms. The van der Waals surface area contributed by atoms with Crippen molar-refractivity contribution < 1.29 is 8.42 Å². The third-order valence-electron chi connectivity index (χ3n) is 3.51. The summed E-state index contributed by atoms with van der Waals surface area (Å²) < 4.78 is 27.4. The number of rotatable bonds is 5. The molecule has 1 heterocycles. The van der Waals surface area contributed by atoms with Crippen LogP contribution < -0.4 is 16.0 Å². The lowest BCUT2D eigenvalue weighted by atomic mass is 10.1. The largest absolute Gasteiger partial charge is 0.308 e. The summed E-state index contributed by atoms with van der Waals surface area (Å²) in [5.41, 5.74) is 3.50. The Morgan fingerprint density at radius 1 is 1.19 bits per heavy atom. The van der Waals surface area contributed by atoms with E-state index in [0.29, 0.717) is 5.82 Å². The molecule has 4 N–H and O–H groups in total. The minimum atomic E-state index is -3.56. The summed E-state index contributed by atoms with van der Waals surface area (Å²) in [6.07, 6.45) is 2.22. The van der Waals surface area contributed by atoms with E-state index < -0.39 is 10.0 Å². The number of hydrogen-bond donors (Lipinski definition) is 3. The molecule has 3 rings (SSSR count). The normalized spacial score (nSPS) is 21.0. The number of aromatic nitrogens is 1. The van der Waals surface area contributed by atoms with Gasteiger partial charge in [0.05, 0.1) is 4.90 Å². The van der Waals surface area contributed by atoms with Crippen LogP contribution in [0.3, 0.4) is 0 Å². The van der Waals surface area contributed by atoms with E-state index in [1.165, 1.54) is 18.3 Å². The summed E-state index contributed by atoms with van der Waals surface area (Å²) in [5.74, 6) is 5.80. The van der Waals surface area contributed by atoms with E-state index in [1.807, 2.05) is 30.3 Å². The first-order valence-electron chi connectivity index (χ1n) is 6.60. The number of pyridine rings is 1. The van der Waals surface area contributed by atoms with Gasteiger partial charge in [-0.25, -0.2) is 24.0 Å². The number of hydrogen-bond acceptors (Lipinski definition) is 5. The van der Waals surface area contributed by atoms with Gasteiger partial charge in [0.1, 0.15) is 5.82 Å². The van der Waals surface area contributed by atoms with Crippen molar-refractivity contribution in [3.8, 4) is 0 Å². The monoisotopic (exact) mass is 304 g/mol. The standard InChI is InChI=1S/C14H16N4O2S/c15-17-14-8-11(6-7-16-14)21(19,20)18-13-9-12(13)10-4-2-1-3-5-10/h1-8,12-13,18H,9,15H2,(H,16,17). The maximum absolute atomic E-state index is 12.3. The van der Waals surface area contributed by atoms with E-state index in [0.717, 1.165) is 12.0 Å². The molecule has 0 radical (unpaired) electrons. The number of sulfonamides is 1. The second-order valence-electron chi connectivity index (χ2n) is 5.00.